The maximum atomic E-state index is 3.76. The topological polar surface area (TPSA) is 6.48 Å². The lowest BCUT2D eigenvalue weighted by molar-refractivity contribution is 0.173. The van der Waals surface area contributed by atoms with E-state index in [4.69, 9.17) is 0 Å². The third-order valence-electron chi connectivity index (χ3n) is 7.99. The van der Waals surface area contributed by atoms with Gasteiger partial charge in [0.2, 0.25) is 0 Å². The van der Waals surface area contributed by atoms with Crippen LogP contribution in [0.2, 0.25) is 0 Å². The van der Waals surface area contributed by atoms with Gasteiger partial charge in [-0.1, -0.05) is 58.4 Å². The fourth-order valence-corrected chi connectivity index (χ4v) is 6.45. The molecule has 5 rings (SSSR count). The van der Waals surface area contributed by atoms with Crippen molar-refractivity contribution in [2.45, 2.75) is 44.4 Å². The first-order valence-corrected chi connectivity index (χ1v) is 13.7. The van der Waals surface area contributed by atoms with Crippen LogP contribution in [-0.4, -0.2) is 38.6 Å². The fraction of sp³-hybridized carbons (Fsp3) is 0.419. The highest BCUT2D eigenvalue weighted by atomic mass is 79.9. The van der Waals surface area contributed by atoms with Crippen LogP contribution in [0.5, 0.6) is 0 Å². The second kappa shape index (κ2) is 10.7. The number of hydrogen-bond donors (Lipinski definition) is 0. The summed E-state index contributed by atoms with van der Waals surface area (Å²) in [5.74, 6) is 1.26. The molecular weight excluding hydrogens is 480 g/mol. The molecule has 178 valence electrons. The van der Waals surface area contributed by atoms with Crippen LogP contribution in [0.15, 0.2) is 71.2 Å². The van der Waals surface area contributed by atoms with Crippen LogP contribution in [0, 0.1) is 5.92 Å². The first kappa shape index (κ1) is 23.6. The molecule has 1 fully saturated rings. The van der Waals surface area contributed by atoms with Crippen molar-refractivity contribution < 1.29 is 0 Å². The lowest BCUT2D eigenvalue weighted by Gasteiger charge is -2.37. The van der Waals surface area contributed by atoms with Crippen LogP contribution >= 0.6 is 15.9 Å². The average molecular weight is 518 g/mol. The molecule has 1 saturated heterocycles. The number of halogens is 1. The van der Waals surface area contributed by atoms with Gasteiger partial charge in [-0.15, -0.1) is 0 Å². The molecule has 2 nitrogen and oxygen atoms in total. The van der Waals surface area contributed by atoms with E-state index in [2.05, 4.69) is 107 Å². The monoisotopic (exact) mass is 516 g/mol. The Bertz CT molecular complexity index is 1100. The van der Waals surface area contributed by atoms with Crippen LogP contribution in [-0.2, 0) is 19.3 Å². The van der Waals surface area contributed by atoms with Crippen molar-refractivity contribution in [3.63, 3.8) is 0 Å². The van der Waals surface area contributed by atoms with Gasteiger partial charge in [-0.05, 0) is 116 Å². The Morgan fingerprint density at radius 1 is 0.853 bits per heavy atom. The summed E-state index contributed by atoms with van der Waals surface area (Å²) in [6, 6.07) is 25.3. The van der Waals surface area contributed by atoms with E-state index in [1.165, 1.54) is 61.0 Å². The van der Waals surface area contributed by atoms with Crippen molar-refractivity contribution in [3.05, 3.63) is 99.0 Å². The van der Waals surface area contributed by atoms with E-state index in [0.717, 1.165) is 18.8 Å². The van der Waals surface area contributed by atoms with Crippen molar-refractivity contribution in [1.29, 1.82) is 0 Å². The van der Waals surface area contributed by atoms with Gasteiger partial charge in [0.05, 0.1) is 0 Å². The normalized spacial score (nSPS) is 18.7. The number of likely N-dealkylation sites (tertiary alicyclic amines) is 1. The first-order chi connectivity index (χ1) is 16.6. The van der Waals surface area contributed by atoms with E-state index in [1.807, 2.05) is 0 Å². The van der Waals surface area contributed by atoms with Gasteiger partial charge in [0.1, 0.15) is 0 Å². The Morgan fingerprint density at radius 2 is 1.56 bits per heavy atom. The fourth-order valence-electron chi connectivity index (χ4n) is 6.07. The molecule has 0 aromatic heterocycles. The predicted molar refractivity (Wildman–Crippen MR) is 148 cm³/mol. The average Bonchev–Trinajstić information content (AvgIpc) is 3.01. The Kier molecular flexibility index (Phi) is 7.41. The first-order valence-electron chi connectivity index (χ1n) is 12.9. The highest BCUT2D eigenvalue weighted by Crippen LogP contribution is 2.43. The molecule has 1 unspecified atom stereocenters. The molecular formula is C31H37BrN2. The number of nitrogens with zero attached hydrogens (tertiary/aromatic N) is 2. The van der Waals surface area contributed by atoms with Gasteiger partial charge in [0, 0.05) is 30.2 Å². The number of fused-ring (bicyclic) bond motifs is 2. The summed E-state index contributed by atoms with van der Waals surface area (Å²) in [5.41, 5.74) is 8.99. The van der Waals surface area contributed by atoms with Crippen LogP contribution in [0.3, 0.4) is 0 Å². The lowest BCUT2D eigenvalue weighted by atomic mass is 9.74. The van der Waals surface area contributed by atoms with Gasteiger partial charge in [-0.3, -0.25) is 0 Å². The molecule has 3 aromatic carbocycles. The van der Waals surface area contributed by atoms with Crippen molar-refractivity contribution in [2.75, 3.05) is 38.6 Å². The summed E-state index contributed by atoms with van der Waals surface area (Å²) in [4.78, 5) is 4.87. The van der Waals surface area contributed by atoms with Crippen molar-refractivity contribution in [1.82, 2.24) is 4.90 Å². The number of rotatable bonds is 6. The molecule has 1 heterocycles. The summed E-state index contributed by atoms with van der Waals surface area (Å²) in [6.07, 6.45) is 7.32. The number of benzene rings is 3. The molecule has 3 aromatic rings. The Labute approximate surface area is 214 Å². The highest BCUT2D eigenvalue weighted by molar-refractivity contribution is 9.10. The SMILES string of the molecule is CN(C)c1ccc(CCCN2CCC(C3c4ccccc4CCc4ccc(Br)cc43)CC2)cc1. The molecule has 3 heteroatoms. The minimum atomic E-state index is 0.531. The third-order valence-corrected chi connectivity index (χ3v) is 8.49. The van der Waals surface area contributed by atoms with Crippen LogP contribution in [0.4, 0.5) is 5.69 Å². The van der Waals surface area contributed by atoms with Gasteiger partial charge in [-0.25, -0.2) is 0 Å². The molecule has 1 aliphatic carbocycles. The molecule has 0 bridgehead atoms. The molecule has 0 amide bonds. The lowest BCUT2D eigenvalue weighted by Crippen LogP contribution is -2.36. The van der Waals surface area contributed by atoms with Gasteiger partial charge >= 0.3 is 0 Å². The minimum Gasteiger partial charge on any atom is -0.378 e. The van der Waals surface area contributed by atoms with E-state index in [9.17, 15) is 0 Å². The van der Waals surface area contributed by atoms with Gasteiger partial charge in [0.15, 0.2) is 0 Å². The summed E-state index contributed by atoms with van der Waals surface area (Å²) in [6.45, 7) is 3.67. The molecule has 0 N–H and O–H groups in total. The largest absolute Gasteiger partial charge is 0.378 e. The van der Waals surface area contributed by atoms with Crippen molar-refractivity contribution in [3.8, 4) is 0 Å². The highest BCUT2D eigenvalue weighted by Gasteiger charge is 2.32. The zero-order chi connectivity index (χ0) is 23.5. The van der Waals surface area contributed by atoms with Gasteiger partial charge in [-0.2, -0.15) is 0 Å². The number of hydrogen-bond acceptors (Lipinski definition) is 2. The van der Waals surface area contributed by atoms with E-state index in [-0.39, 0.29) is 0 Å². The molecule has 34 heavy (non-hydrogen) atoms. The molecule has 1 atom stereocenters. The molecule has 0 saturated carbocycles. The van der Waals surface area contributed by atoms with Crippen molar-refractivity contribution in [2.24, 2.45) is 5.92 Å². The standard InChI is InChI=1S/C31H37BrN2/c1-33(2)28-15-9-23(10-16-28)6-5-19-34-20-17-26(18-21-34)31-29-8-4-3-7-24(29)11-12-25-13-14-27(32)22-30(25)31/h3-4,7-10,13-16,22,26,31H,5-6,11-12,17-21H2,1-2H3. The van der Waals surface area contributed by atoms with Crippen LogP contribution in [0.1, 0.15) is 53.0 Å². The second-order valence-electron chi connectivity index (χ2n) is 10.4. The third kappa shape index (κ3) is 5.26. The van der Waals surface area contributed by atoms with Gasteiger partial charge < -0.3 is 9.80 Å². The van der Waals surface area contributed by atoms with Gasteiger partial charge in [0.25, 0.3) is 0 Å². The molecule has 0 spiro atoms. The smallest absolute Gasteiger partial charge is 0.0361 e. The zero-order valence-corrected chi connectivity index (χ0v) is 22.2. The Hall–Kier alpha value is -2.10. The molecule has 1 aliphatic heterocycles. The van der Waals surface area contributed by atoms with E-state index in [1.54, 1.807) is 22.3 Å². The number of anilines is 1. The Balaban J connectivity index is 1.23. The number of piperidine rings is 1. The van der Waals surface area contributed by atoms with Crippen LogP contribution in [0.25, 0.3) is 0 Å². The summed E-state index contributed by atoms with van der Waals surface area (Å²) < 4.78 is 1.21. The number of aryl methyl sites for hydroxylation is 3. The van der Waals surface area contributed by atoms with E-state index >= 15 is 0 Å². The second-order valence-corrected chi connectivity index (χ2v) is 11.3. The van der Waals surface area contributed by atoms with Crippen LogP contribution < -0.4 is 4.90 Å². The predicted octanol–water partition coefficient (Wildman–Crippen LogP) is 7.09. The Morgan fingerprint density at radius 3 is 2.29 bits per heavy atom. The minimum absolute atomic E-state index is 0.531. The van der Waals surface area contributed by atoms with E-state index < -0.39 is 0 Å². The molecule has 0 radical (unpaired) electrons. The maximum absolute atomic E-state index is 3.76. The quantitative estimate of drug-likeness (QED) is 0.345. The summed E-state index contributed by atoms with van der Waals surface area (Å²) in [5, 5.41) is 0. The maximum Gasteiger partial charge on any atom is 0.0361 e. The zero-order valence-electron chi connectivity index (χ0n) is 20.6. The van der Waals surface area contributed by atoms with E-state index in [0.29, 0.717) is 5.92 Å². The molecule has 2 aliphatic rings. The van der Waals surface area contributed by atoms with Crippen molar-refractivity contribution >= 4 is 21.6 Å². The summed E-state index contributed by atoms with van der Waals surface area (Å²) >= 11 is 3.76. The summed E-state index contributed by atoms with van der Waals surface area (Å²) in [7, 11) is 4.20.